The van der Waals surface area contributed by atoms with Crippen molar-refractivity contribution in [3.63, 3.8) is 0 Å². The number of hydrogen-bond acceptors (Lipinski definition) is 14. The normalized spacial score (nSPS) is 22.1. The molecule has 3 aromatic carbocycles. The monoisotopic (exact) mass is 937 g/mol. The Kier molecular flexibility index (Phi) is 13.7. The first-order valence-corrected chi connectivity index (χ1v) is 24.2. The standard InChI is InChI=1S/C52H63N11O6/c1-3-44(34-17-19-59(20-18-34)35-13-14-41-42(28-35)52(68)63(51(41)67)45-15-16-47(64)57-50(45)66)56-30-48(65)60-23-21-58(22-24-60)25-26-69-39-9-6-8-36(27-39)62-37-11-12-38(62)32-61(31-37)46(49(54)55)29-43(53)40-10-5-4-7-33(40)2/h4-10,13-14,27-29,34,37-38,45,56H,1,11-12,15-26,30-32,53-55H2,2H3,(H,57,64,66)/b43-29-. The molecule has 3 unspecified atom stereocenters. The van der Waals surface area contributed by atoms with E-state index in [0.29, 0.717) is 50.6 Å². The van der Waals surface area contributed by atoms with Gasteiger partial charge in [-0.3, -0.25) is 39.1 Å². The van der Waals surface area contributed by atoms with E-state index in [1.54, 1.807) is 12.1 Å². The summed E-state index contributed by atoms with van der Waals surface area (Å²) >= 11 is 0. The van der Waals surface area contributed by atoms with E-state index >= 15 is 0 Å². The molecule has 5 amide bonds. The zero-order valence-corrected chi connectivity index (χ0v) is 39.3. The lowest BCUT2D eigenvalue weighted by atomic mass is 9.93. The van der Waals surface area contributed by atoms with Gasteiger partial charge >= 0.3 is 0 Å². The van der Waals surface area contributed by atoms with E-state index in [4.69, 9.17) is 21.9 Å². The Bertz CT molecular complexity index is 2610. The highest BCUT2D eigenvalue weighted by Gasteiger charge is 2.45. The summed E-state index contributed by atoms with van der Waals surface area (Å²) in [7, 11) is 0. The van der Waals surface area contributed by atoms with Crippen LogP contribution in [-0.4, -0.2) is 139 Å². The largest absolute Gasteiger partial charge is 0.492 e. The Labute approximate surface area is 403 Å². The van der Waals surface area contributed by atoms with E-state index in [0.717, 1.165) is 103 Å². The molecular formula is C52H63N11O6. The highest BCUT2D eigenvalue weighted by atomic mass is 16.5. The second-order valence-electron chi connectivity index (χ2n) is 18.9. The Balaban J connectivity index is 0.696. The van der Waals surface area contributed by atoms with Gasteiger partial charge in [0.2, 0.25) is 17.7 Å². The van der Waals surface area contributed by atoms with E-state index in [1.807, 2.05) is 54.3 Å². The number of amides is 5. The van der Waals surface area contributed by atoms with Gasteiger partial charge in [0.05, 0.1) is 29.1 Å². The molecule has 6 aliphatic heterocycles. The summed E-state index contributed by atoms with van der Waals surface area (Å²) in [6.07, 6.45) is 5.81. The molecule has 0 saturated carbocycles. The highest BCUT2D eigenvalue weighted by molar-refractivity contribution is 6.23. The van der Waals surface area contributed by atoms with Gasteiger partial charge in [0, 0.05) is 112 Å². The van der Waals surface area contributed by atoms with Crippen LogP contribution in [0.25, 0.3) is 5.70 Å². The molecule has 6 heterocycles. The minimum Gasteiger partial charge on any atom is -0.492 e. The number of carbonyl (C=O) groups excluding carboxylic acids is 5. The molecule has 3 atom stereocenters. The SMILES string of the molecule is C=C=C(NCC(=O)N1CCN(CCOc2cccc(N3C4CCC3CN(C(/C=C(\N)c3ccccc3C)=C(N)N)C4)c2)CC1)C1CCN(c2ccc3c(c2)C(=O)N(C2CCC(=O)NC2=O)C3=O)CC1. The van der Waals surface area contributed by atoms with Crippen LogP contribution < -0.4 is 42.4 Å². The maximum Gasteiger partial charge on any atom is 0.262 e. The topological polar surface area (TPSA) is 216 Å². The van der Waals surface area contributed by atoms with Gasteiger partial charge in [-0.2, -0.15) is 0 Å². The number of imide groups is 2. The lowest BCUT2D eigenvalue weighted by molar-refractivity contribution is -0.136. The van der Waals surface area contributed by atoms with Crippen molar-refractivity contribution < 1.29 is 28.7 Å². The van der Waals surface area contributed by atoms with E-state index in [9.17, 15) is 24.0 Å². The number of aryl methyl sites for hydroxylation is 1. The number of likely N-dealkylation sites (tertiary alicyclic amines) is 1. The second-order valence-corrected chi connectivity index (χ2v) is 18.9. The molecule has 0 spiro atoms. The predicted octanol–water partition coefficient (Wildman–Crippen LogP) is 2.83. The minimum atomic E-state index is -1.00. The van der Waals surface area contributed by atoms with Crippen molar-refractivity contribution in [2.24, 2.45) is 23.1 Å². The Hall–Kier alpha value is -7.23. The lowest BCUT2D eigenvalue weighted by Crippen LogP contribution is -2.54. The molecule has 0 aliphatic carbocycles. The summed E-state index contributed by atoms with van der Waals surface area (Å²) in [5, 5.41) is 5.57. The summed E-state index contributed by atoms with van der Waals surface area (Å²) in [5.74, 6) is -0.808. The second kappa shape index (κ2) is 20.2. The average Bonchev–Trinajstić information content (AvgIpc) is 3.76. The number of fused-ring (bicyclic) bond motifs is 3. The van der Waals surface area contributed by atoms with Crippen LogP contribution >= 0.6 is 0 Å². The van der Waals surface area contributed by atoms with Crippen molar-refractivity contribution in [2.45, 2.75) is 63.6 Å². The molecule has 5 saturated heterocycles. The van der Waals surface area contributed by atoms with Gasteiger partial charge < -0.3 is 46.9 Å². The number of ether oxygens (including phenoxy) is 1. The fourth-order valence-corrected chi connectivity index (χ4v) is 11.0. The van der Waals surface area contributed by atoms with Gasteiger partial charge in [-0.05, 0) is 81.0 Å². The fraction of sp³-hybridized carbons (Fsp3) is 0.423. The number of anilines is 2. The smallest absolute Gasteiger partial charge is 0.262 e. The molecule has 2 bridgehead atoms. The summed E-state index contributed by atoms with van der Waals surface area (Å²) in [4.78, 5) is 76.3. The summed E-state index contributed by atoms with van der Waals surface area (Å²) < 4.78 is 6.32. The van der Waals surface area contributed by atoms with Crippen molar-refractivity contribution >= 4 is 46.6 Å². The first-order valence-electron chi connectivity index (χ1n) is 24.2. The number of nitrogens with zero attached hydrogens (tertiary/aromatic N) is 6. The van der Waals surface area contributed by atoms with Gasteiger partial charge in [-0.25, -0.2) is 0 Å². The summed E-state index contributed by atoms with van der Waals surface area (Å²) in [6.45, 7) is 13.2. The van der Waals surface area contributed by atoms with Crippen molar-refractivity contribution in [1.29, 1.82) is 0 Å². The van der Waals surface area contributed by atoms with E-state index in [-0.39, 0.29) is 48.2 Å². The van der Waals surface area contributed by atoms with Crippen LogP contribution in [-0.2, 0) is 14.4 Å². The molecule has 69 heavy (non-hydrogen) atoms. The van der Waals surface area contributed by atoms with Crippen molar-refractivity contribution in [2.75, 3.05) is 81.9 Å². The highest BCUT2D eigenvalue weighted by Crippen LogP contribution is 2.38. The Morgan fingerprint density at radius 3 is 2.25 bits per heavy atom. The van der Waals surface area contributed by atoms with E-state index in [1.165, 1.54) is 0 Å². The molecule has 0 aromatic heterocycles. The zero-order valence-electron chi connectivity index (χ0n) is 39.3. The Morgan fingerprint density at radius 2 is 1.55 bits per heavy atom. The number of benzene rings is 3. The fourth-order valence-electron chi connectivity index (χ4n) is 11.0. The van der Waals surface area contributed by atoms with Crippen LogP contribution in [0.4, 0.5) is 11.4 Å². The number of nitrogens with one attached hydrogen (secondary N) is 2. The molecule has 8 N–H and O–H groups in total. The van der Waals surface area contributed by atoms with Crippen molar-refractivity contribution in [3.8, 4) is 5.75 Å². The molecule has 3 aromatic rings. The average molecular weight is 938 g/mol. The van der Waals surface area contributed by atoms with E-state index in [2.05, 4.69) is 60.7 Å². The molecule has 0 radical (unpaired) electrons. The Morgan fingerprint density at radius 1 is 0.826 bits per heavy atom. The number of allylic oxidation sites excluding steroid dienone is 2. The van der Waals surface area contributed by atoms with Crippen LogP contribution in [0.2, 0.25) is 0 Å². The quantitative estimate of drug-likeness (QED) is 0.0894. The van der Waals surface area contributed by atoms with Crippen LogP contribution in [0, 0.1) is 12.8 Å². The third-order valence-electron chi connectivity index (χ3n) is 14.7. The van der Waals surface area contributed by atoms with Crippen LogP contribution in [0.1, 0.15) is 70.4 Å². The zero-order chi connectivity index (χ0) is 48.3. The third-order valence-corrected chi connectivity index (χ3v) is 14.7. The van der Waals surface area contributed by atoms with Crippen LogP contribution in [0.15, 0.2) is 102 Å². The molecule has 362 valence electrons. The maximum atomic E-state index is 13.4. The first kappa shape index (κ1) is 46.9. The van der Waals surface area contributed by atoms with Crippen LogP contribution in [0.5, 0.6) is 5.75 Å². The molecule has 17 nitrogen and oxygen atoms in total. The predicted molar refractivity (Wildman–Crippen MR) is 263 cm³/mol. The van der Waals surface area contributed by atoms with Gasteiger partial charge in [-0.1, -0.05) is 36.9 Å². The molecule has 17 heteroatoms. The lowest BCUT2D eigenvalue weighted by Gasteiger charge is -2.44. The van der Waals surface area contributed by atoms with Gasteiger partial charge in [0.1, 0.15) is 24.2 Å². The number of nitrogens with two attached hydrogens (primary N) is 3. The molecule has 5 fully saturated rings. The number of carbonyl (C=O) groups is 5. The van der Waals surface area contributed by atoms with Gasteiger partial charge in [0.25, 0.3) is 11.8 Å². The molecule has 9 rings (SSSR count). The minimum absolute atomic E-state index is 0.0352. The molecular weight excluding hydrogens is 875 g/mol. The summed E-state index contributed by atoms with van der Waals surface area (Å²) in [6, 6.07) is 21.2. The van der Waals surface area contributed by atoms with Crippen LogP contribution in [0.3, 0.4) is 0 Å². The maximum absolute atomic E-state index is 13.4. The number of piperidine rings is 2. The van der Waals surface area contributed by atoms with Crippen molar-refractivity contribution in [1.82, 2.24) is 30.2 Å². The summed E-state index contributed by atoms with van der Waals surface area (Å²) in [5.41, 5.74) is 28.9. The van der Waals surface area contributed by atoms with Crippen molar-refractivity contribution in [3.05, 3.63) is 125 Å². The number of rotatable bonds is 14. The van der Waals surface area contributed by atoms with E-state index < -0.39 is 29.7 Å². The van der Waals surface area contributed by atoms with Gasteiger partial charge in [0.15, 0.2) is 0 Å². The first-order chi connectivity index (χ1) is 33.4. The number of hydrogen-bond donors (Lipinski definition) is 5. The third kappa shape index (κ3) is 9.88. The van der Waals surface area contributed by atoms with Gasteiger partial charge in [-0.15, -0.1) is 5.73 Å². The molecule has 6 aliphatic rings. The number of piperazine rings is 2.